The minimum atomic E-state index is -0.410. The van der Waals surface area contributed by atoms with Crippen LogP contribution < -0.4 is 9.47 Å². The minimum absolute atomic E-state index is 0.0996. The van der Waals surface area contributed by atoms with Gasteiger partial charge in [-0.05, 0) is 51.3 Å². The van der Waals surface area contributed by atoms with E-state index in [1.807, 2.05) is 23.1 Å². The predicted molar refractivity (Wildman–Crippen MR) is 109 cm³/mol. The van der Waals surface area contributed by atoms with Crippen LogP contribution in [-0.2, 0) is 4.74 Å². The van der Waals surface area contributed by atoms with E-state index in [-0.39, 0.29) is 18.6 Å². The van der Waals surface area contributed by atoms with Gasteiger partial charge in [0.05, 0.1) is 32.4 Å². The molecule has 1 unspecified atom stereocenters. The third-order valence-electron chi connectivity index (χ3n) is 5.44. The molecule has 0 bridgehead atoms. The van der Waals surface area contributed by atoms with Crippen molar-refractivity contribution in [3.63, 3.8) is 0 Å². The zero-order valence-electron chi connectivity index (χ0n) is 17.6. The van der Waals surface area contributed by atoms with E-state index in [0.29, 0.717) is 40.6 Å². The summed E-state index contributed by atoms with van der Waals surface area (Å²) >= 11 is 0. The lowest BCUT2D eigenvalue weighted by molar-refractivity contribution is 0.0525. The fourth-order valence-electron chi connectivity index (χ4n) is 4.04. The molecule has 1 aliphatic heterocycles. The van der Waals surface area contributed by atoms with E-state index in [1.165, 1.54) is 0 Å². The zero-order valence-corrected chi connectivity index (χ0v) is 17.6. The van der Waals surface area contributed by atoms with E-state index in [9.17, 15) is 9.59 Å². The van der Waals surface area contributed by atoms with E-state index in [4.69, 9.17) is 14.2 Å². The van der Waals surface area contributed by atoms with Gasteiger partial charge < -0.3 is 24.1 Å². The maximum Gasteiger partial charge on any atom is 0.340 e. The molecule has 1 saturated heterocycles. The van der Waals surface area contributed by atoms with Crippen LogP contribution in [0.4, 0.5) is 0 Å². The molecule has 0 spiro atoms. The van der Waals surface area contributed by atoms with E-state index >= 15 is 0 Å². The number of carbonyl (C=O) groups is 2. The van der Waals surface area contributed by atoms with Crippen LogP contribution in [0.5, 0.6) is 11.5 Å². The number of aromatic nitrogens is 1. The van der Waals surface area contributed by atoms with Gasteiger partial charge in [-0.2, -0.15) is 0 Å². The molecule has 3 rings (SSSR count). The average molecular weight is 400 g/mol. The molecule has 0 aliphatic carbocycles. The first-order valence-electron chi connectivity index (χ1n) is 9.82. The summed E-state index contributed by atoms with van der Waals surface area (Å²) in [7, 11) is 3.22. The number of nitrogens with one attached hydrogen (secondary N) is 1. The van der Waals surface area contributed by atoms with Gasteiger partial charge in [0.1, 0.15) is 17.2 Å². The molecule has 0 radical (unpaired) electrons. The molecule has 7 nitrogen and oxygen atoms in total. The number of hydrogen-bond donors (Lipinski definition) is 1. The molecule has 2 aromatic rings. The van der Waals surface area contributed by atoms with Crippen LogP contribution >= 0.6 is 0 Å². The number of H-pyrrole nitrogens is 1. The van der Waals surface area contributed by atoms with Crippen molar-refractivity contribution >= 4 is 11.9 Å². The topological polar surface area (TPSA) is 80.9 Å². The Hall–Kier alpha value is -2.96. The maximum atomic E-state index is 13.4. The highest BCUT2D eigenvalue weighted by Crippen LogP contribution is 2.39. The van der Waals surface area contributed by atoms with E-state index in [2.05, 4.69) is 4.98 Å². The molecule has 1 amide bonds. The Labute approximate surface area is 170 Å². The summed E-state index contributed by atoms with van der Waals surface area (Å²) in [6.45, 7) is 6.26. The van der Waals surface area contributed by atoms with Crippen LogP contribution in [0.25, 0.3) is 0 Å². The normalized spacial score (nSPS) is 16.0. The van der Waals surface area contributed by atoms with Crippen molar-refractivity contribution in [2.24, 2.45) is 0 Å². The molecular formula is C22H28N2O5. The van der Waals surface area contributed by atoms with E-state index in [0.717, 1.165) is 18.4 Å². The molecule has 1 aromatic carbocycles. The SMILES string of the molecule is CCOC(=O)c1c(C)[nH]c(C(=O)N2CCCC2c2ccc(OC)cc2OC)c1C. The largest absolute Gasteiger partial charge is 0.497 e. The Kier molecular flexibility index (Phi) is 6.15. The third kappa shape index (κ3) is 3.81. The van der Waals surface area contributed by atoms with Gasteiger partial charge in [-0.25, -0.2) is 4.79 Å². The lowest BCUT2D eigenvalue weighted by Crippen LogP contribution is -2.31. The standard InChI is InChI=1S/C22H28N2O5/c1-6-29-22(26)19-13(2)20(23-14(19)3)21(25)24-11-7-8-17(24)16-10-9-15(27-4)12-18(16)28-5/h9-10,12,17,23H,6-8,11H2,1-5H3. The Morgan fingerprint density at radius 2 is 1.97 bits per heavy atom. The van der Waals surface area contributed by atoms with Crippen LogP contribution in [0.1, 0.15) is 63.5 Å². The summed E-state index contributed by atoms with van der Waals surface area (Å²) in [5.74, 6) is 0.867. The number of methoxy groups -OCH3 is 2. The summed E-state index contributed by atoms with van der Waals surface area (Å²) in [6, 6.07) is 5.56. The zero-order chi connectivity index (χ0) is 21.1. The van der Waals surface area contributed by atoms with E-state index < -0.39 is 5.97 Å². The van der Waals surface area contributed by atoms with Crippen molar-refractivity contribution in [3.8, 4) is 11.5 Å². The smallest absolute Gasteiger partial charge is 0.340 e. The van der Waals surface area contributed by atoms with Crippen LogP contribution in [0.15, 0.2) is 18.2 Å². The number of carbonyl (C=O) groups excluding carboxylic acids is 2. The van der Waals surface area contributed by atoms with E-state index in [1.54, 1.807) is 35.0 Å². The molecule has 1 aromatic heterocycles. The quantitative estimate of drug-likeness (QED) is 0.746. The maximum absolute atomic E-state index is 13.4. The number of nitrogens with zero attached hydrogens (tertiary/aromatic N) is 1. The second-order valence-electron chi connectivity index (χ2n) is 7.11. The minimum Gasteiger partial charge on any atom is -0.497 e. The predicted octanol–water partition coefficient (Wildman–Crippen LogP) is 3.80. The van der Waals surface area contributed by atoms with Gasteiger partial charge in [0.25, 0.3) is 5.91 Å². The van der Waals surface area contributed by atoms with Crippen molar-refractivity contribution in [1.82, 2.24) is 9.88 Å². The lowest BCUT2D eigenvalue weighted by Gasteiger charge is -2.26. The van der Waals surface area contributed by atoms with Crippen molar-refractivity contribution in [2.75, 3.05) is 27.4 Å². The highest BCUT2D eigenvalue weighted by atomic mass is 16.5. The molecule has 29 heavy (non-hydrogen) atoms. The first-order chi connectivity index (χ1) is 13.9. The summed E-state index contributed by atoms with van der Waals surface area (Å²) < 4.78 is 16.0. The molecule has 2 heterocycles. The lowest BCUT2D eigenvalue weighted by atomic mass is 10.0. The molecule has 156 valence electrons. The first-order valence-corrected chi connectivity index (χ1v) is 9.82. The van der Waals surface area contributed by atoms with Gasteiger partial charge in [0, 0.05) is 23.9 Å². The van der Waals surface area contributed by atoms with Crippen LogP contribution in [0.3, 0.4) is 0 Å². The van der Waals surface area contributed by atoms with Crippen LogP contribution in [-0.4, -0.2) is 49.1 Å². The molecule has 1 fully saturated rings. The highest BCUT2D eigenvalue weighted by Gasteiger charge is 2.35. The number of rotatable bonds is 6. The second kappa shape index (κ2) is 8.59. The monoisotopic (exact) mass is 400 g/mol. The van der Waals surface area contributed by atoms with Crippen molar-refractivity contribution in [3.05, 3.63) is 46.3 Å². The molecule has 1 N–H and O–H groups in total. The molecule has 0 saturated carbocycles. The number of benzene rings is 1. The van der Waals surface area contributed by atoms with Crippen molar-refractivity contribution in [2.45, 2.75) is 39.7 Å². The summed E-state index contributed by atoms with van der Waals surface area (Å²) in [5.41, 5.74) is 3.09. The number of likely N-dealkylation sites (tertiary alicyclic amines) is 1. The van der Waals surface area contributed by atoms with Gasteiger partial charge >= 0.3 is 5.97 Å². The van der Waals surface area contributed by atoms with Gasteiger partial charge in [0.2, 0.25) is 0 Å². The van der Waals surface area contributed by atoms with Crippen molar-refractivity contribution < 1.29 is 23.8 Å². The fourth-order valence-corrected chi connectivity index (χ4v) is 4.04. The Bertz CT molecular complexity index is 918. The van der Waals surface area contributed by atoms with Gasteiger partial charge in [-0.1, -0.05) is 0 Å². The molecule has 7 heteroatoms. The number of aromatic amines is 1. The molecular weight excluding hydrogens is 372 g/mol. The third-order valence-corrected chi connectivity index (χ3v) is 5.44. The number of amides is 1. The number of hydrogen-bond acceptors (Lipinski definition) is 5. The summed E-state index contributed by atoms with van der Waals surface area (Å²) in [5, 5.41) is 0. The Morgan fingerprint density at radius 1 is 1.21 bits per heavy atom. The van der Waals surface area contributed by atoms with Crippen LogP contribution in [0, 0.1) is 13.8 Å². The van der Waals surface area contributed by atoms with Crippen molar-refractivity contribution in [1.29, 1.82) is 0 Å². The fraction of sp³-hybridized carbons (Fsp3) is 0.455. The van der Waals surface area contributed by atoms with Gasteiger partial charge in [-0.3, -0.25) is 4.79 Å². The highest BCUT2D eigenvalue weighted by molar-refractivity contribution is 6.00. The van der Waals surface area contributed by atoms with Gasteiger partial charge in [-0.15, -0.1) is 0 Å². The van der Waals surface area contributed by atoms with Crippen LogP contribution in [0.2, 0.25) is 0 Å². The second-order valence-corrected chi connectivity index (χ2v) is 7.11. The first kappa shape index (κ1) is 20.8. The summed E-state index contributed by atoms with van der Waals surface area (Å²) in [4.78, 5) is 30.6. The Balaban J connectivity index is 1.94. The molecule has 1 aliphatic rings. The molecule has 1 atom stereocenters. The summed E-state index contributed by atoms with van der Waals surface area (Å²) in [6.07, 6.45) is 1.74. The number of ether oxygens (including phenoxy) is 3. The van der Waals surface area contributed by atoms with Gasteiger partial charge in [0.15, 0.2) is 0 Å². The number of aryl methyl sites for hydroxylation is 1. The Morgan fingerprint density at radius 3 is 2.62 bits per heavy atom. The average Bonchev–Trinajstić information content (AvgIpc) is 3.31. The number of esters is 1.